The van der Waals surface area contributed by atoms with Crippen molar-refractivity contribution in [2.24, 2.45) is 17.6 Å². The number of carbonyl (C=O) groups is 5. The zero-order valence-corrected chi connectivity index (χ0v) is 47.6. The van der Waals surface area contributed by atoms with Crippen LogP contribution >= 0.6 is 0 Å². The van der Waals surface area contributed by atoms with E-state index in [1.165, 1.54) is 52.5 Å². The van der Waals surface area contributed by atoms with Gasteiger partial charge in [0, 0.05) is 82.9 Å². The Labute approximate surface area is 468 Å². The molecule has 0 aliphatic carbocycles. The highest BCUT2D eigenvalue weighted by molar-refractivity contribution is 7.89. The number of likely N-dealkylation sites (N-methyl/N-ethyl adjacent to an activating group) is 2. The SMILES string of the molecule is C.COc1cc(C)c(S(=O)(=O)N(C)CC(=O)NCC(=O)CCC2CCN(c3ccncc3)CC2)c(C)c1.COc1cc(C)c(S(=O)(=O)N(C)CC(=O)NCOC=O)c(C)c1.NCC1CCN(c2ccncc2)CC1.O=CC(F)(F)F. The Kier molecular flexibility index (Phi) is 29.3. The number of halogens is 3. The zero-order chi connectivity index (χ0) is 58.9. The molecule has 0 unspecified atom stereocenters. The molecule has 0 atom stereocenters. The van der Waals surface area contributed by atoms with Crippen LogP contribution in [0.1, 0.15) is 68.2 Å². The number of benzene rings is 2. The molecule has 0 saturated carbocycles. The average Bonchev–Trinajstić information content (AvgIpc) is 3.42. The number of hydrogen-bond donors (Lipinski definition) is 3. The number of ether oxygens (including phenoxy) is 3. The highest BCUT2D eigenvalue weighted by Gasteiger charge is 2.29. The first-order valence-corrected chi connectivity index (χ1v) is 28.1. The van der Waals surface area contributed by atoms with Gasteiger partial charge in [0.1, 0.15) is 11.5 Å². The van der Waals surface area contributed by atoms with Crippen LogP contribution in [-0.4, -0.2) is 159 Å². The number of aromatic nitrogens is 2. The number of methoxy groups -OCH3 is 2. The number of nitrogens with zero attached hydrogens (tertiary/aromatic N) is 6. The monoisotopic (exact) mass is 1170 g/mol. The van der Waals surface area contributed by atoms with Crippen LogP contribution in [0.5, 0.6) is 11.5 Å². The minimum absolute atomic E-state index is 0. The maximum absolute atomic E-state index is 13.1. The highest BCUT2D eigenvalue weighted by Crippen LogP contribution is 2.30. The number of piperidine rings is 2. The van der Waals surface area contributed by atoms with E-state index in [4.69, 9.17) is 20.0 Å². The van der Waals surface area contributed by atoms with Crippen LogP contribution in [0.3, 0.4) is 0 Å². The first-order chi connectivity index (χ1) is 37.3. The van der Waals surface area contributed by atoms with Crippen molar-refractivity contribution in [1.82, 2.24) is 29.2 Å². The summed E-state index contributed by atoms with van der Waals surface area (Å²) in [6, 6.07) is 14.7. The summed E-state index contributed by atoms with van der Waals surface area (Å²) in [5, 5.41) is 4.84. The molecule has 444 valence electrons. The molecule has 4 heterocycles. The minimum atomic E-state index is -4.64. The van der Waals surface area contributed by atoms with Crippen molar-refractivity contribution >= 4 is 61.8 Å². The van der Waals surface area contributed by atoms with Crippen molar-refractivity contribution in [1.29, 1.82) is 0 Å². The van der Waals surface area contributed by atoms with Gasteiger partial charge < -0.3 is 40.4 Å². The first kappa shape index (κ1) is 69.4. The molecule has 0 radical (unpaired) electrons. The van der Waals surface area contributed by atoms with Crippen molar-refractivity contribution in [2.45, 2.75) is 89.6 Å². The van der Waals surface area contributed by atoms with Crippen LogP contribution in [0.4, 0.5) is 24.5 Å². The number of rotatable bonds is 21. The van der Waals surface area contributed by atoms with E-state index in [9.17, 15) is 49.2 Å². The van der Waals surface area contributed by atoms with Crippen LogP contribution in [0.15, 0.2) is 83.1 Å². The third-order valence-electron chi connectivity index (χ3n) is 12.9. The molecule has 2 amide bonds. The molecule has 2 saturated heterocycles. The molecule has 2 aliphatic heterocycles. The predicted octanol–water partition coefficient (Wildman–Crippen LogP) is 5.53. The van der Waals surface area contributed by atoms with Gasteiger partial charge in [-0.25, -0.2) is 16.8 Å². The number of amides is 2. The smallest absolute Gasteiger partial charge is 0.446 e. The van der Waals surface area contributed by atoms with Crippen LogP contribution in [0.2, 0.25) is 0 Å². The van der Waals surface area contributed by atoms with E-state index >= 15 is 0 Å². The number of aldehydes is 1. The summed E-state index contributed by atoms with van der Waals surface area (Å²) in [6.45, 7) is 10.7. The van der Waals surface area contributed by atoms with Gasteiger partial charge in [-0.15, -0.1) is 0 Å². The molecule has 2 aromatic carbocycles. The maximum Gasteiger partial charge on any atom is 0.446 e. The normalized spacial score (nSPS) is 13.9. The Morgan fingerprint density at radius 1 is 0.688 bits per heavy atom. The van der Waals surface area contributed by atoms with Crippen molar-refractivity contribution < 1.29 is 68.2 Å². The lowest BCUT2D eigenvalue weighted by Gasteiger charge is -2.33. The van der Waals surface area contributed by atoms with Gasteiger partial charge in [0.2, 0.25) is 38.1 Å². The fourth-order valence-corrected chi connectivity index (χ4v) is 11.8. The number of alkyl halides is 3. The number of pyridine rings is 2. The number of aryl methyl sites for hydroxylation is 4. The Morgan fingerprint density at radius 2 is 1.05 bits per heavy atom. The van der Waals surface area contributed by atoms with Gasteiger partial charge in [0.05, 0.1) is 43.6 Å². The second kappa shape index (κ2) is 33.8. The molecule has 2 fully saturated rings. The fourth-order valence-electron chi connectivity index (χ4n) is 8.69. The molecule has 2 aromatic heterocycles. The number of Topliss-reactive ketones (excluding diaryl/α,β-unsaturated/α-hetero) is 1. The average molecular weight is 1170 g/mol. The lowest BCUT2D eigenvalue weighted by Crippen LogP contribution is -2.40. The summed E-state index contributed by atoms with van der Waals surface area (Å²) in [6.07, 6.45) is 7.27. The summed E-state index contributed by atoms with van der Waals surface area (Å²) >= 11 is 0. The molecule has 2 aliphatic rings. The quantitative estimate of drug-likeness (QED) is 0.0526. The predicted molar refractivity (Wildman–Crippen MR) is 298 cm³/mol. The lowest BCUT2D eigenvalue weighted by molar-refractivity contribution is -0.156. The van der Waals surface area contributed by atoms with Gasteiger partial charge in [0.25, 0.3) is 6.47 Å². The van der Waals surface area contributed by atoms with Crippen LogP contribution in [0, 0.1) is 39.5 Å². The van der Waals surface area contributed by atoms with Crippen LogP contribution in [0.25, 0.3) is 0 Å². The molecule has 26 heteroatoms. The van der Waals surface area contributed by atoms with E-state index in [0.29, 0.717) is 46.1 Å². The zero-order valence-electron chi connectivity index (χ0n) is 46.0. The number of hydrogen-bond acceptors (Lipinski definition) is 17. The van der Waals surface area contributed by atoms with Crippen molar-refractivity contribution in [3.63, 3.8) is 0 Å². The molecular formula is C54H78F3N9O12S2. The fraction of sp³-hybridized carbons (Fsp3) is 0.500. The summed E-state index contributed by atoms with van der Waals surface area (Å²) in [4.78, 5) is 68.2. The third-order valence-corrected chi connectivity index (χ3v) is 17.1. The molecule has 0 spiro atoms. The molecule has 6 rings (SSSR count). The highest BCUT2D eigenvalue weighted by atomic mass is 32.2. The minimum Gasteiger partial charge on any atom is -0.497 e. The number of carbonyl (C=O) groups excluding carboxylic acids is 5. The van der Waals surface area contributed by atoms with Gasteiger partial charge in [-0.2, -0.15) is 21.8 Å². The first-order valence-electron chi connectivity index (χ1n) is 25.2. The molecule has 80 heavy (non-hydrogen) atoms. The maximum atomic E-state index is 13.1. The number of nitrogens with one attached hydrogen (secondary N) is 2. The van der Waals surface area contributed by atoms with Gasteiger partial charge >= 0.3 is 6.18 Å². The molecule has 4 aromatic rings. The van der Waals surface area contributed by atoms with E-state index in [2.05, 4.69) is 47.3 Å². The number of sulfonamides is 2. The largest absolute Gasteiger partial charge is 0.497 e. The van der Waals surface area contributed by atoms with Crippen LogP contribution < -0.4 is 35.6 Å². The second-order valence-electron chi connectivity index (χ2n) is 18.7. The van der Waals surface area contributed by atoms with Gasteiger partial charge in [-0.05, 0) is 149 Å². The molecule has 21 nitrogen and oxygen atoms in total. The van der Waals surface area contributed by atoms with E-state index in [1.807, 2.05) is 24.5 Å². The van der Waals surface area contributed by atoms with Crippen molar-refractivity contribution in [2.75, 3.05) is 97.2 Å². The van der Waals surface area contributed by atoms with E-state index in [0.717, 1.165) is 66.5 Å². The molecule has 0 bridgehead atoms. The van der Waals surface area contributed by atoms with E-state index < -0.39 is 50.9 Å². The topological polar surface area (TPSA) is 270 Å². The second-order valence-corrected chi connectivity index (χ2v) is 22.7. The van der Waals surface area contributed by atoms with Crippen molar-refractivity contribution in [3.05, 3.63) is 95.6 Å². The molecule has 4 N–H and O–H groups in total. The number of nitrogens with two attached hydrogens (primary N) is 1. The van der Waals surface area contributed by atoms with E-state index in [1.54, 1.807) is 64.4 Å². The molecular weight excluding hydrogens is 1090 g/mol. The van der Waals surface area contributed by atoms with Gasteiger partial charge in [0.15, 0.2) is 12.5 Å². The van der Waals surface area contributed by atoms with Crippen LogP contribution in [-0.2, 0) is 48.8 Å². The summed E-state index contributed by atoms with van der Waals surface area (Å²) in [7, 11) is -2.04. The lowest BCUT2D eigenvalue weighted by atomic mass is 9.91. The Morgan fingerprint density at radius 3 is 1.39 bits per heavy atom. The number of ketones is 1. The summed E-state index contributed by atoms with van der Waals surface area (Å²) in [5.74, 6) is 1.20. The Hall–Kier alpha value is -6.74. The summed E-state index contributed by atoms with van der Waals surface area (Å²) in [5.41, 5.74) is 10.3. The third kappa shape index (κ3) is 22.4. The Balaban J connectivity index is 0.000000422. The Bertz CT molecular complexity index is 2770. The van der Waals surface area contributed by atoms with E-state index in [-0.39, 0.29) is 49.3 Å². The van der Waals surface area contributed by atoms with Crippen molar-refractivity contribution in [3.8, 4) is 11.5 Å². The van der Waals surface area contributed by atoms with Gasteiger partial charge in [-0.3, -0.25) is 33.9 Å². The summed E-state index contributed by atoms with van der Waals surface area (Å²) < 4.78 is 99.3. The number of anilines is 2. The van der Waals surface area contributed by atoms with Gasteiger partial charge in [-0.1, -0.05) is 7.43 Å². The standard InChI is InChI=1S/C26H36N4O5S.C14H20N2O6S.C11H17N3.C2HF3O.CH4/c1-19-15-24(35-4)16-20(2)26(19)36(33,34)29(3)18-25(32)28-17-23(31)6-5-21-9-13-30(14-10-21)22-7-11-27-12-8-22;1-10-5-12(21-4)6-11(2)14(10)23(19,20)16(3)7-13(18)15-8-22-9-17;12-9-10-3-7-14(8-4-10)11-1-5-13-6-2-11;3-2(4,5)1-6;/h7-8,11-12,15-16,21H,5-6,9-10,13-14,17-18H2,1-4H3,(H,28,32);5-6,9H,7-8H2,1-4H3,(H,15,18);1-2,5-6,10H,3-4,7-9,12H2;1H;1H4.